The van der Waals surface area contributed by atoms with Crippen molar-refractivity contribution in [2.75, 3.05) is 7.05 Å². The van der Waals surface area contributed by atoms with Crippen molar-refractivity contribution in [3.63, 3.8) is 0 Å². The van der Waals surface area contributed by atoms with Crippen LogP contribution in [0.4, 0.5) is 0 Å². The fraction of sp³-hybridized carbons (Fsp3) is 0.167. The van der Waals surface area contributed by atoms with Gasteiger partial charge in [-0.1, -0.05) is 0 Å². The molecule has 1 aromatic heterocycles. The quantitative estimate of drug-likeness (QED) is 0.748. The van der Waals surface area contributed by atoms with Crippen molar-refractivity contribution in [1.29, 1.82) is 0 Å². The summed E-state index contributed by atoms with van der Waals surface area (Å²) in [5.74, 6) is -0.214. The Morgan fingerprint density at radius 3 is 2.73 bits per heavy atom. The molecule has 0 aromatic carbocycles. The van der Waals surface area contributed by atoms with Crippen molar-refractivity contribution in [1.82, 2.24) is 15.5 Å². The Kier molecular flexibility index (Phi) is 2.75. The monoisotopic (exact) mass is 263 g/mol. The third-order valence-corrected chi connectivity index (χ3v) is 1.67. The van der Waals surface area contributed by atoms with Crippen molar-refractivity contribution in [3.8, 4) is 0 Å². The number of rotatable bonds is 1. The molecule has 0 aliphatic rings. The van der Waals surface area contributed by atoms with E-state index in [-0.39, 0.29) is 5.91 Å². The van der Waals surface area contributed by atoms with Crippen LogP contribution in [-0.2, 0) is 0 Å². The Hall–Kier alpha value is -0.720. The van der Waals surface area contributed by atoms with Gasteiger partial charge in [0.15, 0.2) is 5.69 Å². The molecule has 1 rings (SSSR count). The first-order valence-corrected chi connectivity index (χ1v) is 4.03. The van der Waals surface area contributed by atoms with Gasteiger partial charge in [0.1, 0.15) is 3.70 Å². The molecule has 1 heterocycles. The zero-order chi connectivity index (χ0) is 8.27. The van der Waals surface area contributed by atoms with Gasteiger partial charge in [0.2, 0.25) is 0 Å². The molecule has 1 amide bonds. The molecule has 58 valence electrons. The van der Waals surface area contributed by atoms with E-state index in [9.17, 15) is 4.79 Å². The number of hydrogen-bond donors (Lipinski definition) is 1. The van der Waals surface area contributed by atoms with Gasteiger partial charge in [-0.2, -0.15) is 0 Å². The second-order valence-corrected chi connectivity index (χ2v) is 2.93. The maximum Gasteiger partial charge on any atom is 0.271 e. The van der Waals surface area contributed by atoms with Gasteiger partial charge >= 0.3 is 0 Å². The fourth-order valence-corrected chi connectivity index (χ4v) is 0.853. The molecule has 0 aliphatic carbocycles. The third kappa shape index (κ3) is 2.11. The number of amides is 1. The van der Waals surface area contributed by atoms with Crippen LogP contribution in [-0.4, -0.2) is 23.2 Å². The lowest BCUT2D eigenvalue weighted by Gasteiger charge is -1.95. The molecule has 11 heavy (non-hydrogen) atoms. The lowest BCUT2D eigenvalue weighted by Crippen LogP contribution is -2.19. The molecule has 0 spiro atoms. The fourth-order valence-electron chi connectivity index (χ4n) is 0.565. The minimum atomic E-state index is -0.214. The highest BCUT2D eigenvalue weighted by atomic mass is 127. The number of nitrogens with one attached hydrogen (secondary N) is 1. The van der Waals surface area contributed by atoms with Crippen molar-refractivity contribution >= 4 is 28.5 Å². The van der Waals surface area contributed by atoms with Gasteiger partial charge in [0.25, 0.3) is 5.91 Å². The summed E-state index contributed by atoms with van der Waals surface area (Å²) in [6, 6.07) is 3.37. The van der Waals surface area contributed by atoms with Crippen LogP contribution in [0.15, 0.2) is 12.1 Å². The van der Waals surface area contributed by atoms with Crippen LogP contribution in [0.1, 0.15) is 10.5 Å². The smallest absolute Gasteiger partial charge is 0.271 e. The SMILES string of the molecule is CNC(=O)c1ccc(I)nn1. The van der Waals surface area contributed by atoms with Crippen molar-refractivity contribution in [2.45, 2.75) is 0 Å². The number of hydrogen-bond acceptors (Lipinski definition) is 3. The molecule has 0 bridgehead atoms. The average molecular weight is 263 g/mol. The average Bonchev–Trinajstić information content (AvgIpc) is 2.05. The molecule has 1 aromatic rings. The van der Waals surface area contributed by atoms with Gasteiger partial charge in [-0.25, -0.2) is 0 Å². The summed E-state index contributed by atoms with van der Waals surface area (Å²) in [5.41, 5.74) is 0.341. The molecule has 0 aliphatic heterocycles. The lowest BCUT2D eigenvalue weighted by molar-refractivity contribution is 0.0957. The normalized spacial score (nSPS) is 9.27. The van der Waals surface area contributed by atoms with E-state index in [1.54, 1.807) is 19.2 Å². The zero-order valence-corrected chi connectivity index (χ0v) is 7.99. The van der Waals surface area contributed by atoms with Crippen LogP contribution in [0.3, 0.4) is 0 Å². The summed E-state index contributed by atoms with van der Waals surface area (Å²) >= 11 is 2.03. The highest BCUT2D eigenvalue weighted by Crippen LogP contribution is 1.98. The standard InChI is InChI=1S/C6H6IN3O/c1-8-6(11)4-2-3-5(7)10-9-4/h2-3H,1H3,(H,8,11). The molecular formula is C6H6IN3O. The molecule has 0 fully saturated rings. The predicted molar refractivity (Wildman–Crippen MR) is 48.1 cm³/mol. The van der Waals surface area contributed by atoms with E-state index in [0.29, 0.717) is 5.69 Å². The Morgan fingerprint density at radius 1 is 1.55 bits per heavy atom. The minimum absolute atomic E-state index is 0.214. The second kappa shape index (κ2) is 3.61. The van der Waals surface area contributed by atoms with Crippen molar-refractivity contribution in [2.24, 2.45) is 0 Å². The van der Waals surface area contributed by atoms with Crippen molar-refractivity contribution < 1.29 is 4.79 Å². The first-order chi connectivity index (χ1) is 5.24. The Labute approximate surface area is 77.5 Å². The Morgan fingerprint density at radius 2 is 2.27 bits per heavy atom. The predicted octanol–water partition coefficient (Wildman–Crippen LogP) is 0.441. The summed E-state index contributed by atoms with van der Waals surface area (Å²) in [6.07, 6.45) is 0. The van der Waals surface area contributed by atoms with Crippen LogP contribution in [0, 0.1) is 3.70 Å². The minimum Gasteiger partial charge on any atom is -0.354 e. The molecule has 0 atom stereocenters. The highest BCUT2D eigenvalue weighted by molar-refractivity contribution is 14.1. The van der Waals surface area contributed by atoms with Crippen LogP contribution in [0.5, 0.6) is 0 Å². The molecule has 4 nitrogen and oxygen atoms in total. The Balaban J connectivity index is 2.90. The van der Waals surface area contributed by atoms with E-state index in [4.69, 9.17) is 0 Å². The molecule has 5 heteroatoms. The van der Waals surface area contributed by atoms with E-state index in [1.165, 1.54) is 0 Å². The molecular weight excluding hydrogens is 257 g/mol. The van der Waals surface area contributed by atoms with Crippen LogP contribution < -0.4 is 5.32 Å². The summed E-state index contributed by atoms with van der Waals surface area (Å²) in [7, 11) is 1.56. The molecule has 0 saturated heterocycles. The highest BCUT2D eigenvalue weighted by Gasteiger charge is 2.03. The van der Waals surface area contributed by atoms with Gasteiger partial charge < -0.3 is 5.32 Å². The van der Waals surface area contributed by atoms with E-state index in [1.807, 2.05) is 22.6 Å². The van der Waals surface area contributed by atoms with E-state index >= 15 is 0 Å². The van der Waals surface area contributed by atoms with Gasteiger partial charge in [-0.05, 0) is 34.7 Å². The summed E-state index contributed by atoms with van der Waals surface area (Å²) in [6.45, 7) is 0. The van der Waals surface area contributed by atoms with Crippen molar-refractivity contribution in [3.05, 3.63) is 21.5 Å². The topological polar surface area (TPSA) is 54.9 Å². The van der Waals surface area contributed by atoms with Gasteiger partial charge in [0.05, 0.1) is 0 Å². The van der Waals surface area contributed by atoms with Gasteiger partial charge in [-0.15, -0.1) is 10.2 Å². The molecule has 0 unspecified atom stereocenters. The summed E-state index contributed by atoms with van der Waals surface area (Å²) < 4.78 is 0.773. The first kappa shape index (κ1) is 8.38. The number of halogens is 1. The number of carbonyl (C=O) groups excluding carboxylic acids is 1. The third-order valence-electron chi connectivity index (χ3n) is 1.09. The molecule has 1 N–H and O–H groups in total. The number of nitrogens with zero attached hydrogens (tertiary/aromatic N) is 2. The van der Waals surface area contributed by atoms with E-state index in [2.05, 4.69) is 15.5 Å². The largest absolute Gasteiger partial charge is 0.354 e. The molecule has 0 saturated carbocycles. The maximum atomic E-state index is 10.9. The maximum absolute atomic E-state index is 10.9. The lowest BCUT2D eigenvalue weighted by atomic mass is 10.4. The molecule has 0 radical (unpaired) electrons. The zero-order valence-electron chi connectivity index (χ0n) is 5.84. The van der Waals surface area contributed by atoms with Gasteiger partial charge in [-0.3, -0.25) is 4.79 Å². The Bertz CT molecular complexity index is 259. The van der Waals surface area contributed by atoms with Crippen LogP contribution in [0.2, 0.25) is 0 Å². The summed E-state index contributed by atoms with van der Waals surface area (Å²) in [4.78, 5) is 10.9. The van der Waals surface area contributed by atoms with Gasteiger partial charge in [0, 0.05) is 7.05 Å². The van der Waals surface area contributed by atoms with E-state index in [0.717, 1.165) is 3.70 Å². The first-order valence-electron chi connectivity index (χ1n) is 2.95. The second-order valence-electron chi connectivity index (χ2n) is 1.82. The van der Waals surface area contributed by atoms with Crippen LogP contribution >= 0.6 is 22.6 Å². The number of aromatic nitrogens is 2. The van der Waals surface area contributed by atoms with E-state index < -0.39 is 0 Å². The number of carbonyl (C=O) groups is 1. The van der Waals surface area contributed by atoms with Crippen LogP contribution in [0.25, 0.3) is 0 Å². The summed E-state index contributed by atoms with van der Waals surface area (Å²) in [5, 5.41) is 9.86.